The van der Waals surface area contributed by atoms with Crippen LogP contribution in [0.4, 0.5) is 0 Å². The normalized spacial score (nSPS) is 25.0. The van der Waals surface area contributed by atoms with E-state index in [0.29, 0.717) is 22.4 Å². The zero-order chi connectivity index (χ0) is 18.6. The van der Waals surface area contributed by atoms with Crippen molar-refractivity contribution in [1.82, 2.24) is 9.21 Å². The van der Waals surface area contributed by atoms with Crippen molar-refractivity contribution >= 4 is 21.6 Å². The number of likely N-dealkylation sites (tertiary alicyclic amines) is 1. The topological polar surface area (TPSA) is 40.6 Å². The minimum absolute atomic E-state index is 0.318. The first-order chi connectivity index (χ1) is 12.4. The molecule has 1 saturated heterocycles. The first-order valence-electron chi connectivity index (χ1n) is 9.89. The smallest absolute Gasteiger partial charge is 0.242 e. The molecule has 0 atom stereocenters. The van der Waals surface area contributed by atoms with Crippen LogP contribution in [0, 0.1) is 11.8 Å². The van der Waals surface area contributed by atoms with Crippen molar-refractivity contribution in [3.8, 4) is 0 Å². The van der Waals surface area contributed by atoms with Crippen LogP contribution in [0.3, 0.4) is 0 Å². The van der Waals surface area contributed by atoms with Crippen LogP contribution in [0.2, 0.25) is 5.02 Å². The predicted molar refractivity (Wildman–Crippen MR) is 107 cm³/mol. The Morgan fingerprint density at radius 2 is 1.62 bits per heavy atom. The van der Waals surface area contributed by atoms with Gasteiger partial charge in [-0.3, -0.25) is 0 Å². The molecule has 4 nitrogen and oxygen atoms in total. The van der Waals surface area contributed by atoms with E-state index in [1.807, 2.05) is 0 Å². The van der Waals surface area contributed by atoms with Crippen molar-refractivity contribution in [1.29, 1.82) is 0 Å². The van der Waals surface area contributed by atoms with Gasteiger partial charge >= 0.3 is 0 Å². The molecular formula is C20H31ClN2O2S. The van der Waals surface area contributed by atoms with Gasteiger partial charge in [-0.1, -0.05) is 24.4 Å². The van der Waals surface area contributed by atoms with Crippen molar-refractivity contribution in [3.63, 3.8) is 0 Å². The van der Waals surface area contributed by atoms with Gasteiger partial charge in [-0.05, 0) is 81.3 Å². The van der Waals surface area contributed by atoms with Crippen molar-refractivity contribution in [2.45, 2.75) is 49.8 Å². The zero-order valence-corrected chi connectivity index (χ0v) is 17.3. The summed E-state index contributed by atoms with van der Waals surface area (Å²) in [5, 5.41) is 0.553. The quantitative estimate of drug-likeness (QED) is 0.689. The Labute approximate surface area is 163 Å². The number of nitrogens with zero attached hydrogens (tertiary/aromatic N) is 2. The summed E-state index contributed by atoms with van der Waals surface area (Å²) in [4.78, 5) is 2.94. The van der Waals surface area contributed by atoms with Gasteiger partial charge in [-0.2, -0.15) is 0 Å². The fraction of sp³-hybridized carbons (Fsp3) is 0.700. The molecule has 0 spiro atoms. The van der Waals surface area contributed by atoms with E-state index in [2.05, 4.69) is 4.90 Å². The summed E-state index contributed by atoms with van der Waals surface area (Å²) in [6, 6.07) is 6.42. The van der Waals surface area contributed by atoms with Gasteiger partial charge in [0.1, 0.15) is 0 Å². The van der Waals surface area contributed by atoms with E-state index in [-0.39, 0.29) is 0 Å². The van der Waals surface area contributed by atoms with Gasteiger partial charge in [0.15, 0.2) is 0 Å². The second kappa shape index (κ2) is 9.05. The number of hydrogen-bond donors (Lipinski definition) is 0. The fourth-order valence-electron chi connectivity index (χ4n) is 4.30. The minimum Gasteiger partial charge on any atom is -0.303 e. The molecule has 6 heteroatoms. The maximum atomic E-state index is 12.6. The first-order valence-corrected chi connectivity index (χ1v) is 11.7. The average Bonchev–Trinajstić information content (AvgIpc) is 3.14. The van der Waals surface area contributed by atoms with E-state index in [1.165, 1.54) is 62.5 Å². The van der Waals surface area contributed by atoms with Gasteiger partial charge < -0.3 is 4.90 Å². The van der Waals surface area contributed by atoms with E-state index in [0.717, 1.165) is 12.3 Å². The molecule has 1 aromatic carbocycles. The third-order valence-corrected chi connectivity index (χ3v) is 8.18. The molecule has 1 aliphatic heterocycles. The van der Waals surface area contributed by atoms with Crippen molar-refractivity contribution in [2.24, 2.45) is 11.8 Å². The van der Waals surface area contributed by atoms with Crippen LogP contribution < -0.4 is 0 Å². The molecule has 0 amide bonds. The Hall–Kier alpha value is -0.620. The van der Waals surface area contributed by atoms with Crippen LogP contribution in [0.15, 0.2) is 29.2 Å². The summed E-state index contributed by atoms with van der Waals surface area (Å²) in [7, 11) is -1.73. The average molecular weight is 399 g/mol. The Bertz CT molecular complexity index is 664. The maximum Gasteiger partial charge on any atom is 0.242 e. The van der Waals surface area contributed by atoms with Gasteiger partial charge in [-0.25, -0.2) is 12.7 Å². The molecule has 0 bridgehead atoms. The van der Waals surface area contributed by atoms with E-state index in [1.54, 1.807) is 31.3 Å². The highest BCUT2D eigenvalue weighted by Crippen LogP contribution is 2.32. The molecule has 0 unspecified atom stereocenters. The van der Waals surface area contributed by atoms with Crippen LogP contribution in [-0.2, 0) is 10.0 Å². The summed E-state index contributed by atoms with van der Waals surface area (Å²) >= 11 is 5.86. The lowest BCUT2D eigenvalue weighted by Gasteiger charge is -2.31. The molecule has 26 heavy (non-hydrogen) atoms. The first kappa shape index (κ1) is 20.1. The van der Waals surface area contributed by atoms with Crippen LogP contribution in [0.1, 0.15) is 44.9 Å². The number of rotatable bonds is 7. The van der Waals surface area contributed by atoms with E-state index in [9.17, 15) is 8.42 Å². The summed E-state index contributed by atoms with van der Waals surface area (Å²) in [6.07, 6.45) is 8.78. The summed E-state index contributed by atoms with van der Waals surface area (Å²) < 4.78 is 26.8. The molecule has 1 aromatic rings. The molecule has 2 aliphatic rings. The Kier molecular flexibility index (Phi) is 7.00. The SMILES string of the molecule is CN(CC[C@H]1CC[C@H](CN2CCCC2)CC1)S(=O)(=O)c1ccc(Cl)cc1. The number of hydrogen-bond acceptors (Lipinski definition) is 3. The van der Waals surface area contributed by atoms with Gasteiger partial charge in [0.25, 0.3) is 0 Å². The third kappa shape index (κ3) is 5.22. The Balaban J connectivity index is 1.43. The third-order valence-electron chi connectivity index (χ3n) is 6.06. The van der Waals surface area contributed by atoms with Crippen LogP contribution in [-0.4, -0.2) is 50.8 Å². The monoisotopic (exact) mass is 398 g/mol. The Morgan fingerprint density at radius 1 is 1.04 bits per heavy atom. The Morgan fingerprint density at radius 3 is 2.23 bits per heavy atom. The summed E-state index contributed by atoms with van der Waals surface area (Å²) in [5.41, 5.74) is 0. The lowest BCUT2D eigenvalue weighted by molar-refractivity contribution is 0.195. The highest BCUT2D eigenvalue weighted by atomic mass is 35.5. The molecular weight excluding hydrogens is 368 g/mol. The minimum atomic E-state index is -3.42. The van der Waals surface area contributed by atoms with Crippen LogP contribution in [0.5, 0.6) is 0 Å². The molecule has 0 N–H and O–H groups in total. The predicted octanol–water partition coefficient (Wildman–Crippen LogP) is 4.25. The molecule has 1 saturated carbocycles. The number of halogens is 1. The fourth-order valence-corrected chi connectivity index (χ4v) is 5.62. The summed E-state index contributed by atoms with van der Waals surface area (Å²) in [5.74, 6) is 1.51. The van der Waals surface area contributed by atoms with Crippen LogP contribution in [0.25, 0.3) is 0 Å². The van der Waals surface area contributed by atoms with Crippen molar-refractivity contribution in [2.75, 3.05) is 33.2 Å². The molecule has 0 aromatic heterocycles. The van der Waals surface area contributed by atoms with Gasteiger partial charge in [0, 0.05) is 25.2 Å². The maximum absolute atomic E-state index is 12.6. The zero-order valence-electron chi connectivity index (χ0n) is 15.7. The molecule has 1 aliphatic carbocycles. The van der Waals surface area contributed by atoms with Gasteiger partial charge in [-0.15, -0.1) is 0 Å². The van der Waals surface area contributed by atoms with Crippen LogP contribution >= 0.6 is 11.6 Å². The highest BCUT2D eigenvalue weighted by Gasteiger charge is 2.26. The lowest BCUT2D eigenvalue weighted by Crippen LogP contribution is -2.31. The molecule has 3 rings (SSSR count). The van der Waals surface area contributed by atoms with E-state index < -0.39 is 10.0 Å². The van der Waals surface area contributed by atoms with Gasteiger partial charge in [0.2, 0.25) is 10.0 Å². The van der Waals surface area contributed by atoms with Crippen molar-refractivity contribution in [3.05, 3.63) is 29.3 Å². The molecule has 146 valence electrons. The van der Waals surface area contributed by atoms with E-state index >= 15 is 0 Å². The largest absolute Gasteiger partial charge is 0.303 e. The van der Waals surface area contributed by atoms with E-state index in [4.69, 9.17) is 11.6 Å². The second-order valence-corrected chi connectivity index (χ2v) is 10.4. The standard InChI is InChI=1S/C20H31ClN2O2S/c1-22(26(24,25)20-10-8-19(21)9-11-20)15-12-17-4-6-18(7-5-17)16-23-13-2-3-14-23/h8-11,17-18H,2-7,12-16H2,1H3/t17-,18-. The highest BCUT2D eigenvalue weighted by molar-refractivity contribution is 7.89. The van der Waals surface area contributed by atoms with Gasteiger partial charge in [0.05, 0.1) is 4.90 Å². The molecule has 2 fully saturated rings. The molecule has 1 heterocycles. The second-order valence-electron chi connectivity index (χ2n) is 7.96. The summed E-state index contributed by atoms with van der Waals surface area (Å²) in [6.45, 7) is 4.44. The lowest BCUT2D eigenvalue weighted by atomic mass is 9.80. The number of benzene rings is 1. The number of sulfonamides is 1. The molecule has 0 radical (unpaired) electrons. The van der Waals surface area contributed by atoms with Crippen molar-refractivity contribution < 1.29 is 8.42 Å².